The van der Waals surface area contributed by atoms with Crippen molar-refractivity contribution in [3.8, 4) is 0 Å². The molecule has 558 valence electrons. The van der Waals surface area contributed by atoms with Gasteiger partial charge in [-0.25, -0.2) is 9.13 Å². The lowest BCUT2D eigenvalue weighted by Crippen LogP contribution is -2.30. The smallest absolute Gasteiger partial charge is 0.462 e. The van der Waals surface area contributed by atoms with Gasteiger partial charge in [-0.2, -0.15) is 0 Å². The molecule has 0 aromatic heterocycles. The predicted molar refractivity (Wildman–Crippen MR) is 381 cm³/mol. The van der Waals surface area contributed by atoms with Crippen LogP contribution in [0, 0.1) is 11.8 Å². The van der Waals surface area contributed by atoms with Gasteiger partial charge in [0.25, 0.3) is 0 Å². The average Bonchev–Trinajstić information content (AvgIpc) is 1.14. The highest BCUT2D eigenvalue weighted by atomic mass is 31.2. The molecule has 0 aliphatic rings. The summed E-state index contributed by atoms with van der Waals surface area (Å²) in [7, 11) is -9.91. The van der Waals surface area contributed by atoms with Crippen molar-refractivity contribution in [2.45, 2.75) is 407 Å². The first-order valence-electron chi connectivity index (χ1n) is 39.0. The van der Waals surface area contributed by atoms with Crippen molar-refractivity contribution >= 4 is 39.5 Å². The van der Waals surface area contributed by atoms with Gasteiger partial charge in [-0.3, -0.25) is 37.3 Å². The van der Waals surface area contributed by atoms with E-state index < -0.39 is 97.5 Å². The minimum Gasteiger partial charge on any atom is -0.462 e. The molecule has 0 amide bonds. The molecule has 0 bridgehead atoms. The maximum atomic E-state index is 13.1. The van der Waals surface area contributed by atoms with Gasteiger partial charge in [0, 0.05) is 25.7 Å². The summed E-state index contributed by atoms with van der Waals surface area (Å²) >= 11 is 0. The van der Waals surface area contributed by atoms with Crippen LogP contribution in [0.25, 0.3) is 0 Å². The summed E-state index contributed by atoms with van der Waals surface area (Å²) in [6.45, 7) is 9.50. The summed E-state index contributed by atoms with van der Waals surface area (Å²) in [5.41, 5.74) is 0. The molecule has 0 heterocycles. The Kier molecular flexibility index (Phi) is 65.5. The highest BCUT2D eigenvalue weighted by molar-refractivity contribution is 7.47. The van der Waals surface area contributed by atoms with Crippen molar-refractivity contribution < 1.29 is 80.2 Å². The maximum Gasteiger partial charge on any atom is 0.472 e. The third-order valence-corrected chi connectivity index (χ3v) is 19.4. The normalized spacial score (nSPS) is 14.0. The van der Waals surface area contributed by atoms with Crippen LogP contribution in [0.15, 0.2) is 0 Å². The molecule has 0 aromatic rings. The van der Waals surface area contributed by atoms with E-state index in [2.05, 4.69) is 41.5 Å². The van der Waals surface area contributed by atoms with E-state index in [9.17, 15) is 43.2 Å². The van der Waals surface area contributed by atoms with E-state index in [0.29, 0.717) is 25.7 Å². The Balaban J connectivity index is 5.18. The molecular formula is C75H146O17P2. The number of rotatable bonds is 74. The van der Waals surface area contributed by atoms with Crippen LogP contribution in [0.5, 0.6) is 0 Å². The third-order valence-electron chi connectivity index (χ3n) is 17.5. The Hall–Kier alpha value is -1.94. The monoisotopic (exact) mass is 1380 g/mol. The molecule has 0 aliphatic carbocycles. The molecule has 0 aliphatic heterocycles. The molecule has 2 unspecified atom stereocenters. The Morgan fingerprint density at radius 2 is 0.489 bits per heavy atom. The number of hydrogen-bond donors (Lipinski definition) is 3. The fourth-order valence-electron chi connectivity index (χ4n) is 11.5. The van der Waals surface area contributed by atoms with Crippen LogP contribution in [0.2, 0.25) is 0 Å². The number of phosphoric ester groups is 2. The standard InChI is InChI=1S/C75H146O17P2/c1-7-9-11-13-15-17-19-20-21-22-23-24-25-26-27-28-30-32-41-47-53-59-74(79)91-70(64-86-73(78)58-52-46-40-35-33-37-43-49-55-67(3)4)65-89-93(81,82)87-61-69(76)62-88-94(83,84)90-66-71(92-75(80)60-54-48-42-36-34-38-44-50-56-68(5)6)63-85-72(77)57-51-45-39-31-29-18-16-14-12-10-8-2/h67-71,76H,7-66H2,1-6H3,(H,81,82)(H,83,84)/t69-,70-,71-/m1/s1. The molecule has 0 aromatic carbocycles. The maximum absolute atomic E-state index is 13.1. The van der Waals surface area contributed by atoms with Crippen LogP contribution >= 0.6 is 15.6 Å². The first kappa shape index (κ1) is 92.1. The molecule has 17 nitrogen and oxygen atoms in total. The summed E-state index contributed by atoms with van der Waals surface area (Å²) in [5.74, 6) is -0.676. The van der Waals surface area contributed by atoms with E-state index in [4.69, 9.17) is 37.0 Å². The van der Waals surface area contributed by atoms with Crippen molar-refractivity contribution in [1.82, 2.24) is 0 Å². The van der Waals surface area contributed by atoms with Gasteiger partial charge in [0.05, 0.1) is 26.4 Å². The molecule has 0 saturated carbocycles. The predicted octanol–water partition coefficient (Wildman–Crippen LogP) is 21.9. The van der Waals surface area contributed by atoms with Gasteiger partial charge in [-0.1, -0.05) is 337 Å². The lowest BCUT2D eigenvalue weighted by atomic mass is 10.0. The van der Waals surface area contributed by atoms with Crippen LogP contribution in [0.4, 0.5) is 0 Å². The summed E-state index contributed by atoms with van der Waals surface area (Å²) in [6.07, 6.45) is 54.3. The minimum atomic E-state index is -4.96. The van der Waals surface area contributed by atoms with Crippen molar-refractivity contribution in [3.05, 3.63) is 0 Å². The lowest BCUT2D eigenvalue weighted by molar-refractivity contribution is -0.161. The number of carbonyl (C=O) groups excluding carboxylic acids is 4. The number of aliphatic hydroxyl groups is 1. The van der Waals surface area contributed by atoms with Gasteiger partial charge >= 0.3 is 39.5 Å². The molecule has 5 atom stereocenters. The van der Waals surface area contributed by atoms with Gasteiger partial charge in [0.1, 0.15) is 19.3 Å². The molecule has 94 heavy (non-hydrogen) atoms. The Labute approximate surface area is 575 Å². The van der Waals surface area contributed by atoms with E-state index in [1.807, 2.05) is 0 Å². The number of ether oxygens (including phenoxy) is 4. The van der Waals surface area contributed by atoms with Crippen LogP contribution in [0.1, 0.15) is 388 Å². The molecule has 0 radical (unpaired) electrons. The Morgan fingerprint density at radius 1 is 0.287 bits per heavy atom. The summed E-state index contributed by atoms with van der Waals surface area (Å²) in [5, 5.41) is 10.6. The number of hydrogen-bond acceptors (Lipinski definition) is 15. The summed E-state index contributed by atoms with van der Waals surface area (Å²) in [6, 6.07) is 0. The first-order chi connectivity index (χ1) is 45.4. The molecule has 0 fully saturated rings. The van der Waals surface area contributed by atoms with Crippen LogP contribution in [-0.2, 0) is 65.4 Å². The molecule has 0 spiro atoms. The van der Waals surface area contributed by atoms with E-state index in [1.165, 1.54) is 205 Å². The topological polar surface area (TPSA) is 237 Å². The fourth-order valence-corrected chi connectivity index (χ4v) is 13.1. The minimum absolute atomic E-state index is 0.105. The molecule has 0 rings (SSSR count). The van der Waals surface area contributed by atoms with E-state index in [1.54, 1.807) is 0 Å². The zero-order valence-corrected chi connectivity index (χ0v) is 63.1. The zero-order valence-electron chi connectivity index (χ0n) is 61.3. The van der Waals surface area contributed by atoms with Crippen LogP contribution in [0.3, 0.4) is 0 Å². The SMILES string of the molecule is CCCCCCCCCCCCCCCCCCCCCCCC(=O)O[C@H](COC(=O)CCCCCCCCCCC(C)C)COP(=O)(O)OC[C@@H](O)COP(=O)(O)OC[C@@H](COC(=O)CCCCCCCCCCCCC)OC(=O)CCCCCCCCCCC(C)C. The second kappa shape index (κ2) is 66.9. The second-order valence-corrected chi connectivity index (χ2v) is 30.9. The Bertz CT molecular complexity index is 1820. The number of esters is 4. The highest BCUT2D eigenvalue weighted by Crippen LogP contribution is 2.45. The zero-order chi connectivity index (χ0) is 69.3. The first-order valence-corrected chi connectivity index (χ1v) is 42.0. The van der Waals surface area contributed by atoms with Crippen molar-refractivity contribution in [2.24, 2.45) is 11.8 Å². The lowest BCUT2D eigenvalue weighted by Gasteiger charge is -2.21. The number of aliphatic hydroxyl groups excluding tert-OH is 1. The van der Waals surface area contributed by atoms with Gasteiger partial charge < -0.3 is 33.8 Å². The summed E-state index contributed by atoms with van der Waals surface area (Å²) in [4.78, 5) is 72.7. The van der Waals surface area contributed by atoms with Gasteiger partial charge in [-0.15, -0.1) is 0 Å². The van der Waals surface area contributed by atoms with Crippen molar-refractivity contribution in [1.29, 1.82) is 0 Å². The quantitative estimate of drug-likeness (QED) is 0.0222. The van der Waals surface area contributed by atoms with Crippen molar-refractivity contribution in [3.63, 3.8) is 0 Å². The van der Waals surface area contributed by atoms with E-state index in [-0.39, 0.29) is 25.7 Å². The number of unbranched alkanes of at least 4 members (excludes halogenated alkanes) is 44. The molecule has 19 heteroatoms. The highest BCUT2D eigenvalue weighted by Gasteiger charge is 2.30. The molecule has 3 N–H and O–H groups in total. The average molecular weight is 1380 g/mol. The molecule has 0 saturated heterocycles. The number of carbonyl (C=O) groups is 4. The second-order valence-electron chi connectivity index (χ2n) is 28.0. The number of phosphoric acid groups is 2. The van der Waals surface area contributed by atoms with Crippen LogP contribution in [-0.4, -0.2) is 96.7 Å². The van der Waals surface area contributed by atoms with Gasteiger partial charge in [0.15, 0.2) is 12.2 Å². The third kappa shape index (κ3) is 68.6. The summed E-state index contributed by atoms with van der Waals surface area (Å²) < 4.78 is 68.4. The van der Waals surface area contributed by atoms with E-state index in [0.717, 1.165) is 102 Å². The largest absolute Gasteiger partial charge is 0.472 e. The fraction of sp³-hybridized carbons (Fsp3) is 0.947. The van der Waals surface area contributed by atoms with Gasteiger partial charge in [-0.05, 0) is 37.5 Å². The Morgan fingerprint density at radius 3 is 0.723 bits per heavy atom. The molecular weight excluding hydrogens is 1230 g/mol. The van der Waals surface area contributed by atoms with Gasteiger partial charge in [0.2, 0.25) is 0 Å². The van der Waals surface area contributed by atoms with E-state index >= 15 is 0 Å². The van der Waals surface area contributed by atoms with Crippen LogP contribution < -0.4 is 0 Å². The van der Waals surface area contributed by atoms with Crippen molar-refractivity contribution in [2.75, 3.05) is 39.6 Å².